The Hall–Kier alpha value is -1.66. The number of anilines is 1. The van der Waals surface area contributed by atoms with Crippen LogP contribution in [-0.4, -0.2) is 49.4 Å². The number of benzene rings is 1. The van der Waals surface area contributed by atoms with E-state index in [9.17, 15) is 14.0 Å². The molecule has 4 rings (SSSR count). The fraction of sp³-hybridized carbons (Fsp3) is 0.579. The van der Waals surface area contributed by atoms with Crippen molar-refractivity contribution in [3.63, 3.8) is 0 Å². The van der Waals surface area contributed by atoms with Gasteiger partial charge in [0.1, 0.15) is 11.7 Å². The highest BCUT2D eigenvalue weighted by Crippen LogP contribution is 2.30. The van der Waals surface area contributed by atoms with Crippen LogP contribution in [0.15, 0.2) is 24.3 Å². The normalized spacial score (nSPS) is 28.5. The molecular formula is C19H25ClFN3O2. The van der Waals surface area contributed by atoms with Crippen LogP contribution in [0.4, 0.5) is 10.1 Å². The molecule has 3 aliphatic heterocycles. The van der Waals surface area contributed by atoms with Crippen molar-refractivity contribution in [1.29, 1.82) is 0 Å². The molecule has 1 unspecified atom stereocenters. The van der Waals surface area contributed by atoms with E-state index < -0.39 is 5.92 Å². The Morgan fingerprint density at radius 2 is 1.62 bits per heavy atom. The molecule has 7 heteroatoms. The number of halogens is 2. The van der Waals surface area contributed by atoms with E-state index in [1.54, 1.807) is 17.0 Å². The smallest absolute Gasteiger partial charge is 0.239 e. The van der Waals surface area contributed by atoms with Crippen LogP contribution >= 0.6 is 12.4 Å². The summed E-state index contributed by atoms with van der Waals surface area (Å²) >= 11 is 0. The van der Waals surface area contributed by atoms with Gasteiger partial charge in [-0.3, -0.25) is 9.59 Å². The van der Waals surface area contributed by atoms with Gasteiger partial charge in [-0.05, 0) is 68.5 Å². The maximum atomic E-state index is 13.1. The third kappa shape index (κ3) is 3.58. The lowest BCUT2D eigenvalue weighted by Crippen LogP contribution is -2.41. The van der Waals surface area contributed by atoms with E-state index in [0.29, 0.717) is 30.5 Å². The molecule has 0 aromatic heterocycles. The second-order valence-corrected chi connectivity index (χ2v) is 7.39. The standard InChI is InChI=1S/C19H24FN3O2.ClH/c20-15-1-3-16(4-2-15)23-10-7-17(19(23)25)18(24)22-8-5-13-11-21-12-14(13)6-9-22;/h1-4,13-14,17,21H,5-12H2;1H/t13-,14+,17?;. The van der Waals surface area contributed by atoms with Crippen LogP contribution < -0.4 is 10.2 Å². The fourth-order valence-corrected chi connectivity index (χ4v) is 4.45. The lowest BCUT2D eigenvalue weighted by Gasteiger charge is -2.24. The minimum Gasteiger partial charge on any atom is -0.342 e. The number of rotatable bonds is 2. The predicted octanol–water partition coefficient (Wildman–Crippen LogP) is 2.06. The maximum absolute atomic E-state index is 13.1. The van der Waals surface area contributed by atoms with Gasteiger partial charge >= 0.3 is 0 Å². The summed E-state index contributed by atoms with van der Waals surface area (Å²) in [5, 5.41) is 3.44. The highest BCUT2D eigenvalue weighted by Gasteiger charge is 2.41. The number of hydrogen-bond donors (Lipinski definition) is 1. The molecule has 3 aliphatic rings. The molecule has 3 fully saturated rings. The number of nitrogens with zero attached hydrogens (tertiary/aromatic N) is 2. The van der Waals surface area contributed by atoms with Crippen molar-refractivity contribution in [3.05, 3.63) is 30.1 Å². The molecule has 0 bridgehead atoms. The summed E-state index contributed by atoms with van der Waals surface area (Å²) in [6.45, 7) is 4.12. The first-order chi connectivity index (χ1) is 12.1. The van der Waals surface area contributed by atoms with E-state index in [-0.39, 0.29) is 30.0 Å². The van der Waals surface area contributed by atoms with Crippen LogP contribution in [0.1, 0.15) is 19.3 Å². The average Bonchev–Trinajstić information content (AvgIpc) is 3.17. The van der Waals surface area contributed by atoms with Gasteiger partial charge in [0.25, 0.3) is 0 Å². The minimum atomic E-state index is -0.582. The zero-order valence-electron chi connectivity index (χ0n) is 14.7. The Balaban J connectivity index is 0.00000196. The number of likely N-dealkylation sites (tertiary alicyclic amines) is 1. The zero-order chi connectivity index (χ0) is 17.4. The molecule has 0 aliphatic carbocycles. The van der Waals surface area contributed by atoms with Crippen LogP contribution in [0.2, 0.25) is 0 Å². The number of nitrogens with one attached hydrogen (secondary N) is 1. The van der Waals surface area contributed by atoms with Gasteiger partial charge in [-0.15, -0.1) is 12.4 Å². The Morgan fingerprint density at radius 3 is 2.23 bits per heavy atom. The molecule has 3 saturated heterocycles. The summed E-state index contributed by atoms with van der Waals surface area (Å²) < 4.78 is 13.1. The number of carbonyl (C=O) groups excluding carboxylic acids is 2. The van der Waals surface area contributed by atoms with E-state index in [2.05, 4.69) is 5.32 Å². The molecule has 1 aromatic rings. The van der Waals surface area contributed by atoms with Crippen LogP contribution in [-0.2, 0) is 9.59 Å². The molecule has 26 heavy (non-hydrogen) atoms. The van der Waals surface area contributed by atoms with Crippen LogP contribution in [0, 0.1) is 23.6 Å². The summed E-state index contributed by atoms with van der Waals surface area (Å²) in [6, 6.07) is 5.89. The van der Waals surface area contributed by atoms with Crippen LogP contribution in [0.3, 0.4) is 0 Å². The lowest BCUT2D eigenvalue weighted by molar-refractivity contribution is -0.139. The van der Waals surface area contributed by atoms with Crippen molar-refractivity contribution in [2.75, 3.05) is 37.6 Å². The van der Waals surface area contributed by atoms with E-state index in [0.717, 1.165) is 39.0 Å². The molecule has 2 amide bonds. The fourth-order valence-electron chi connectivity index (χ4n) is 4.45. The molecule has 1 N–H and O–H groups in total. The van der Waals surface area contributed by atoms with E-state index >= 15 is 0 Å². The first kappa shape index (κ1) is 19.1. The average molecular weight is 382 g/mol. The van der Waals surface area contributed by atoms with Gasteiger partial charge in [-0.1, -0.05) is 0 Å². The molecule has 0 saturated carbocycles. The van der Waals surface area contributed by atoms with Crippen LogP contribution in [0.25, 0.3) is 0 Å². The molecule has 5 nitrogen and oxygen atoms in total. The van der Waals surface area contributed by atoms with Crippen molar-refractivity contribution in [1.82, 2.24) is 10.2 Å². The first-order valence-corrected chi connectivity index (χ1v) is 9.20. The highest BCUT2D eigenvalue weighted by molar-refractivity contribution is 6.09. The summed E-state index contributed by atoms with van der Waals surface area (Å²) in [7, 11) is 0. The van der Waals surface area contributed by atoms with Crippen molar-refractivity contribution >= 4 is 29.9 Å². The van der Waals surface area contributed by atoms with Gasteiger partial charge in [0.15, 0.2) is 0 Å². The Labute approximate surface area is 159 Å². The topological polar surface area (TPSA) is 52.7 Å². The second-order valence-electron chi connectivity index (χ2n) is 7.39. The molecule has 0 spiro atoms. The molecule has 142 valence electrons. The molecular weight excluding hydrogens is 357 g/mol. The third-order valence-electron chi connectivity index (χ3n) is 5.97. The Morgan fingerprint density at radius 1 is 1.00 bits per heavy atom. The Bertz CT molecular complexity index is 655. The van der Waals surface area contributed by atoms with Gasteiger partial charge in [-0.2, -0.15) is 0 Å². The summed E-state index contributed by atoms with van der Waals surface area (Å²) in [5.41, 5.74) is 0.665. The van der Waals surface area contributed by atoms with Crippen molar-refractivity contribution in [3.8, 4) is 0 Å². The lowest BCUT2D eigenvalue weighted by atomic mass is 9.92. The molecule has 3 heterocycles. The summed E-state index contributed by atoms with van der Waals surface area (Å²) in [4.78, 5) is 29.2. The summed E-state index contributed by atoms with van der Waals surface area (Å²) in [5.74, 6) is 0.236. The van der Waals surface area contributed by atoms with Gasteiger partial charge in [0.2, 0.25) is 11.8 Å². The van der Waals surface area contributed by atoms with E-state index in [4.69, 9.17) is 0 Å². The van der Waals surface area contributed by atoms with E-state index in [1.165, 1.54) is 12.1 Å². The minimum absolute atomic E-state index is 0. The largest absolute Gasteiger partial charge is 0.342 e. The molecule has 3 atom stereocenters. The van der Waals surface area contributed by atoms with Crippen molar-refractivity contribution < 1.29 is 14.0 Å². The van der Waals surface area contributed by atoms with Gasteiger partial charge in [-0.25, -0.2) is 4.39 Å². The number of amides is 2. The molecule has 1 aromatic carbocycles. The number of carbonyl (C=O) groups is 2. The van der Waals surface area contributed by atoms with Crippen molar-refractivity contribution in [2.45, 2.75) is 19.3 Å². The number of hydrogen-bond acceptors (Lipinski definition) is 3. The zero-order valence-corrected chi connectivity index (χ0v) is 15.5. The van der Waals surface area contributed by atoms with Gasteiger partial charge in [0, 0.05) is 25.3 Å². The third-order valence-corrected chi connectivity index (χ3v) is 5.97. The SMILES string of the molecule is Cl.O=C(C1CCN(c2ccc(F)cc2)C1=O)N1CC[C@@H]2CNC[C@@H]2CC1. The summed E-state index contributed by atoms with van der Waals surface area (Å²) in [6.07, 6.45) is 2.58. The molecule has 0 radical (unpaired) electrons. The van der Waals surface area contributed by atoms with Gasteiger partial charge < -0.3 is 15.1 Å². The Kier molecular flexibility index (Phi) is 5.82. The number of fused-ring (bicyclic) bond motifs is 1. The quantitative estimate of drug-likeness (QED) is 0.798. The van der Waals surface area contributed by atoms with Crippen molar-refractivity contribution in [2.24, 2.45) is 17.8 Å². The van der Waals surface area contributed by atoms with E-state index in [1.807, 2.05) is 4.90 Å². The van der Waals surface area contributed by atoms with Crippen LogP contribution in [0.5, 0.6) is 0 Å². The monoisotopic (exact) mass is 381 g/mol. The second kappa shape index (κ2) is 7.92. The highest BCUT2D eigenvalue weighted by atomic mass is 35.5. The van der Waals surface area contributed by atoms with Gasteiger partial charge in [0.05, 0.1) is 0 Å². The first-order valence-electron chi connectivity index (χ1n) is 9.20. The maximum Gasteiger partial charge on any atom is 0.239 e. The predicted molar refractivity (Wildman–Crippen MR) is 99.8 cm³/mol.